The van der Waals surface area contributed by atoms with Crippen LogP contribution in [0.3, 0.4) is 0 Å². The van der Waals surface area contributed by atoms with Crippen LogP contribution in [0.15, 0.2) is 42.5 Å². The first-order chi connectivity index (χ1) is 16.0. The highest BCUT2D eigenvalue weighted by atomic mass is 32.2. The van der Waals surface area contributed by atoms with Crippen LogP contribution in [0.4, 0.5) is 5.69 Å². The van der Waals surface area contributed by atoms with Crippen LogP contribution in [0.25, 0.3) is 0 Å². The molecule has 186 valence electrons. The molecule has 0 saturated heterocycles. The van der Waals surface area contributed by atoms with Gasteiger partial charge in [-0.2, -0.15) is 0 Å². The third-order valence-corrected chi connectivity index (χ3v) is 6.89. The lowest BCUT2D eigenvalue weighted by molar-refractivity contribution is -0.140. The summed E-state index contributed by atoms with van der Waals surface area (Å²) in [5.41, 5.74) is 3.27. The van der Waals surface area contributed by atoms with E-state index in [0.29, 0.717) is 17.9 Å². The monoisotopic (exact) mass is 489 g/mol. The highest BCUT2D eigenvalue weighted by Crippen LogP contribution is 2.25. The van der Waals surface area contributed by atoms with Crippen LogP contribution >= 0.6 is 0 Å². The molecule has 0 aliphatic carbocycles. The van der Waals surface area contributed by atoms with E-state index in [1.54, 1.807) is 26.2 Å². The zero-order valence-corrected chi connectivity index (χ0v) is 21.6. The van der Waals surface area contributed by atoms with Gasteiger partial charge >= 0.3 is 0 Å². The molecule has 2 amide bonds. The number of likely N-dealkylation sites (N-methyl/N-ethyl adjacent to an activating group) is 1. The minimum Gasteiger partial charge on any atom is -0.497 e. The van der Waals surface area contributed by atoms with E-state index in [1.165, 1.54) is 22.5 Å². The van der Waals surface area contributed by atoms with Gasteiger partial charge in [-0.1, -0.05) is 24.3 Å². The number of methoxy groups -OCH3 is 1. The fourth-order valence-electron chi connectivity index (χ4n) is 3.69. The van der Waals surface area contributed by atoms with Crippen LogP contribution in [0.1, 0.15) is 36.5 Å². The molecule has 0 spiro atoms. The Labute approximate surface area is 202 Å². The van der Waals surface area contributed by atoms with Crippen LogP contribution in [0.2, 0.25) is 0 Å². The summed E-state index contributed by atoms with van der Waals surface area (Å²) < 4.78 is 31.5. The topological polar surface area (TPSA) is 96.0 Å². The van der Waals surface area contributed by atoms with Gasteiger partial charge in [0.1, 0.15) is 11.8 Å². The minimum absolute atomic E-state index is 0.106. The van der Waals surface area contributed by atoms with Crippen molar-refractivity contribution in [2.45, 2.75) is 46.2 Å². The molecule has 2 aromatic carbocycles. The maximum Gasteiger partial charge on any atom is 0.242 e. The molecule has 1 N–H and O–H groups in total. The third kappa shape index (κ3) is 7.21. The molecule has 1 atom stereocenters. The fraction of sp³-hybridized carbons (Fsp3) is 0.440. The van der Waals surface area contributed by atoms with E-state index in [1.807, 2.05) is 44.2 Å². The van der Waals surface area contributed by atoms with Gasteiger partial charge < -0.3 is 15.0 Å². The number of hydrogen-bond acceptors (Lipinski definition) is 5. The zero-order valence-electron chi connectivity index (χ0n) is 20.8. The standard InChI is InChI=1S/C25H35N3O5S/c1-18-9-10-19(2)23(16-18)28(34(6,31)32)15-7-8-24(29)27(20(3)25(30)26-4)17-21-11-13-22(33-5)14-12-21/h9-14,16,20H,7-8,15,17H2,1-6H3,(H,26,30)/t20-/m1/s1. The average Bonchev–Trinajstić information content (AvgIpc) is 2.80. The predicted octanol–water partition coefficient (Wildman–Crippen LogP) is 3.02. The van der Waals surface area contributed by atoms with Crippen molar-refractivity contribution >= 4 is 27.5 Å². The predicted molar refractivity (Wildman–Crippen MR) is 134 cm³/mol. The first kappa shape index (κ1) is 27.2. The molecule has 2 aromatic rings. The molecule has 0 fully saturated rings. The Morgan fingerprint density at radius 2 is 1.74 bits per heavy atom. The smallest absolute Gasteiger partial charge is 0.242 e. The fourth-order valence-corrected chi connectivity index (χ4v) is 4.70. The summed E-state index contributed by atoms with van der Waals surface area (Å²) in [6.45, 7) is 5.87. The molecule has 0 unspecified atom stereocenters. The van der Waals surface area contributed by atoms with Crippen LogP contribution < -0.4 is 14.4 Å². The largest absolute Gasteiger partial charge is 0.497 e. The molecule has 0 heterocycles. The van der Waals surface area contributed by atoms with Crippen molar-refractivity contribution in [3.8, 4) is 5.75 Å². The SMILES string of the molecule is CNC(=O)[C@@H](C)N(Cc1ccc(OC)cc1)C(=O)CCCN(c1cc(C)ccc1C)S(C)(=O)=O. The van der Waals surface area contributed by atoms with Crippen molar-refractivity contribution in [3.05, 3.63) is 59.2 Å². The van der Waals surface area contributed by atoms with E-state index >= 15 is 0 Å². The highest BCUT2D eigenvalue weighted by molar-refractivity contribution is 7.92. The lowest BCUT2D eigenvalue weighted by Gasteiger charge is -2.29. The number of aryl methyl sites for hydroxylation is 2. The van der Waals surface area contributed by atoms with Crippen molar-refractivity contribution in [1.82, 2.24) is 10.2 Å². The maximum absolute atomic E-state index is 13.2. The van der Waals surface area contributed by atoms with Gasteiger partial charge in [0.2, 0.25) is 21.8 Å². The second-order valence-electron chi connectivity index (χ2n) is 8.39. The summed E-state index contributed by atoms with van der Waals surface area (Å²) in [5.74, 6) is 0.213. The molecule has 9 heteroatoms. The van der Waals surface area contributed by atoms with Crippen molar-refractivity contribution < 1.29 is 22.7 Å². The summed E-state index contributed by atoms with van der Waals surface area (Å²) in [7, 11) is -0.421. The van der Waals surface area contributed by atoms with Crippen molar-refractivity contribution in [1.29, 1.82) is 0 Å². The number of carbonyl (C=O) groups is 2. The van der Waals surface area contributed by atoms with Gasteiger partial charge in [0.05, 0.1) is 19.1 Å². The summed E-state index contributed by atoms with van der Waals surface area (Å²) >= 11 is 0. The molecule has 8 nitrogen and oxygen atoms in total. The molecular formula is C25H35N3O5S. The van der Waals surface area contributed by atoms with Gasteiger partial charge in [-0.05, 0) is 62.1 Å². The van der Waals surface area contributed by atoms with Crippen molar-refractivity contribution in [3.63, 3.8) is 0 Å². The second-order valence-corrected chi connectivity index (χ2v) is 10.3. The van der Waals surface area contributed by atoms with Crippen LogP contribution in [0, 0.1) is 13.8 Å². The first-order valence-corrected chi connectivity index (χ1v) is 13.0. The maximum atomic E-state index is 13.2. The Hall–Kier alpha value is -3.07. The van der Waals surface area contributed by atoms with Gasteiger partial charge in [0.25, 0.3) is 0 Å². The summed E-state index contributed by atoms with van der Waals surface area (Å²) in [4.78, 5) is 27.0. The first-order valence-electron chi connectivity index (χ1n) is 11.2. The number of ether oxygens (including phenoxy) is 1. The summed E-state index contributed by atoms with van der Waals surface area (Å²) in [6.07, 6.45) is 1.59. The minimum atomic E-state index is -3.53. The summed E-state index contributed by atoms with van der Waals surface area (Å²) in [5, 5.41) is 2.59. The Kier molecular flexibility index (Phi) is 9.49. The van der Waals surface area contributed by atoms with Gasteiger partial charge in [-0.15, -0.1) is 0 Å². The highest BCUT2D eigenvalue weighted by Gasteiger charge is 2.26. The van der Waals surface area contributed by atoms with Gasteiger partial charge in [0.15, 0.2) is 0 Å². The molecule has 0 saturated carbocycles. The van der Waals surface area contributed by atoms with E-state index in [2.05, 4.69) is 5.32 Å². The van der Waals surface area contributed by atoms with E-state index in [-0.39, 0.29) is 31.3 Å². The quantitative estimate of drug-likeness (QED) is 0.523. The number of carbonyl (C=O) groups excluding carboxylic acids is 2. The number of amides is 2. The average molecular weight is 490 g/mol. The number of hydrogen-bond donors (Lipinski definition) is 1. The Balaban J connectivity index is 2.17. The Morgan fingerprint density at radius 3 is 2.29 bits per heavy atom. The molecule has 34 heavy (non-hydrogen) atoms. The number of anilines is 1. The van der Waals surface area contributed by atoms with Crippen LogP contribution in [-0.2, 0) is 26.2 Å². The third-order valence-electron chi connectivity index (χ3n) is 5.71. The molecule has 0 radical (unpaired) electrons. The summed E-state index contributed by atoms with van der Waals surface area (Å²) in [6, 6.07) is 12.3. The molecular weight excluding hydrogens is 454 g/mol. The lowest BCUT2D eigenvalue weighted by atomic mass is 10.1. The Bertz CT molecular complexity index is 1100. The number of nitrogens with one attached hydrogen (secondary N) is 1. The van der Waals surface area contributed by atoms with Crippen LogP contribution in [-0.4, -0.2) is 58.1 Å². The van der Waals surface area contributed by atoms with Gasteiger partial charge in [-0.25, -0.2) is 8.42 Å². The van der Waals surface area contributed by atoms with E-state index in [0.717, 1.165) is 16.7 Å². The van der Waals surface area contributed by atoms with Gasteiger partial charge in [-0.3, -0.25) is 13.9 Å². The van der Waals surface area contributed by atoms with Crippen LogP contribution in [0.5, 0.6) is 5.75 Å². The van der Waals surface area contributed by atoms with Crippen molar-refractivity contribution in [2.24, 2.45) is 0 Å². The van der Waals surface area contributed by atoms with Gasteiger partial charge in [0, 0.05) is 26.6 Å². The number of rotatable bonds is 11. The molecule has 0 aliphatic heterocycles. The zero-order chi connectivity index (χ0) is 25.5. The van der Waals surface area contributed by atoms with E-state index < -0.39 is 16.1 Å². The van der Waals surface area contributed by atoms with E-state index in [4.69, 9.17) is 4.74 Å². The normalized spacial score (nSPS) is 12.1. The van der Waals surface area contributed by atoms with E-state index in [9.17, 15) is 18.0 Å². The second kappa shape index (κ2) is 11.9. The molecule has 2 rings (SSSR count). The number of benzene rings is 2. The molecule has 0 bridgehead atoms. The number of sulfonamides is 1. The molecule has 0 aromatic heterocycles. The Morgan fingerprint density at radius 1 is 1.09 bits per heavy atom. The lowest BCUT2D eigenvalue weighted by Crippen LogP contribution is -2.46. The van der Waals surface area contributed by atoms with Crippen molar-refractivity contribution in [2.75, 3.05) is 31.3 Å². The molecule has 0 aliphatic rings. The number of nitrogens with zero attached hydrogens (tertiary/aromatic N) is 2.